The van der Waals surface area contributed by atoms with Gasteiger partial charge in [0.15, 0.2) is 0 Å². The van der Waals surface area contributed by atoms with Crippen molar-refractivity contribution in [3.63, 3.8) is 0 Å². The van der Waals surface area contributed by atoms with Gasteiger partial charge in [-0.05, 0) is 43.9 Å². The van der Waals surface area contributed by atoms with Crippen LogP contribution < -0.4 is 4.74 Å². The third-order valence-corrected chi connectivity index (χ3v) is 3.50. The molecule has 0 aliphatic rings. The predicted octanol–water partition coefficient (Wildman–Crippen LogP) is 4.43. The third kappa shape index (κ3) is 3.86. The van der Waals surface area contributed by atoms with Crippen LogP contribution in [-0.4, -0.2) is 5.97 Å². The molecule has 1 atom stereocenters. The van der Waals surface area contributed by atoms with Gasteiger partial charge in [0, 0.05) is 0 Å². The molecule has 0 aliphatic carbocycles. The lowest BCUT2D eigenvalue weighted by Gasteiger charge is -2.15. The molecule has 1 aromatic carbocycles. The van der Waals surface area contributed by atoms with Crippen molar-refractivity contribution in [1.29, 1.82) is 0 Å². The monoisotopic (exact) mass is 248 g/mol. The Morgan fingerprint density at radius 1 is 1.28 bits per heavy atom. The fourth-order valence-corrected chi connectivity index (χ4v) is 1.97. The summed E-state index contributed by atoms with van der Waals surface area (Å²) in [6.45, 7) is 8.21. The van der Waals surface area contributed by atoms with Gasteiger partial charge < -0.3 is 4.74 Å². The van der Waals surface area contributed by atoms with E-state index in [0.717, 1.165) is 36.8 Å². The molecule has 0 heterocycles. The second-order valence-corrected chi connectivity index (χ2v) is 4.87. The van der Waals surface area contributed by atoms with E-state index in [9.17, 15) is 4.79 Å². The average Bonchev–Trinajstić information content (AvgIpc) is 2.36. The molecule has 1 rings (SSSR count). The minimum absolute atomic E-state index is 0.0323. The molecule has 0 aliphatic heterocycles. The van der Waals surface area contributed by atoms with E-state index in [1.807, 2.05) is 39.0 Å². The first-order valence-corrected chi connectivity index (χ1v) is 6.88. The van der Waals surface area contributed by atoms with Gasteiger partial charge in [0.05, 0.1) is 5.92 Å². The molecular formula is C16H24O2. The van der Waals surface area contributed by atoms with Gasteiger partial charge >= 0.3 is 5.97 Å². The zero-order valence-corrected chi connectivity index (χ0v) is 12.0. The van der Waals surface area contributed by atoms with Crippen LogP contribution in [0.4, 0.5) is 0 Å². The Morgan fingerprint density at radius 3 is 2.61 bits per heavy atom. The molecule has 0 amide bonds. The van der Waals surface area contributed by atoms with Crippen LogP contribution in [0.5, 0.6) is 5.75 Å². The maximum absolute atomic E-state index is 12.1. The number of unbranched alkanes of at least 4 members (excludes halogenated alkanes) is 1. The van der Waals surface area contributed by atoms with Gasteiger partial charge in [-0.3, -0.25) is 4.79 Å². The Bertz CT molecular complexity index is 396. The second kappa shape index (κ2) is 7.20. The highest BCUT2D eigenvalue weighted by Gasteiger charge is 2.18. The first-order chi connectivity index (χ1) is 8.60. The van der Waals surface area contributed by atoms with E-state index in [0.29, 0.717) is 5.75 Å². The van der Waals surface area contributed by atoms with Crippen LogP contribution >= 0.6 is 0 Å². The maximum Gasteiger partial charge on any atom is 0.314 e. The molecule has 1 unspecified atom stereocenters. The van der Waals surface area contributed by atoms with Crippen molar-refractivity contribution in [3.05, 3.63) is 29.3 Å². The molecule has 0 aromatic heterocycles. The highest BCUT2D eigenvalue weighted by atomic mass is 16.5. The summed E-state index contributed by atoms with van der Waals surface area (Å²) in [4.78, 5) is 12.1. The fraction of sp³-hybridized carbons (Fsp3) is 0.562. The smallest absolute Gasteiger partial charge is 0.314 e. The van der Waals surface area contributed by atoms with Crippen LogP contribution in [0.1, 0.15) is 50.7 Å². The Labute approximate surface area is 110 Å². The molecule has 100 valence electrons. The molecule has 2 heteroatoms. The van der Waals surface area contributed by atoms with Crippen molar-refractivity contribution in [2.24, 2.45) is 5.92 Å². The van der Waals surface area contributed by atoms with Gasteiger partial charge in [0.2, 0.25) is 0 Å². The van der Waals surface area contributed by atoms with E-state index in [2.05, 4.69) is 6.92 Å². The van der Waals surface area contributed by atoms with Crippen molar-refractivity contribution in [1.82, 2.24) is 0 Å². The number of benzene rings is 1. The molecule has 0 saturated heterocycles. The number of carbonyl (C=O) groups is 1. The third-order valence-electron chi connectivity index (χ3n) is 3.50. The first kappa shape index (κ1) is 14.7. The van der Waals surface area contributed by atoms with Gasteiger partial charge in [-0.1, -0.05) is 38.8 Å². The van der Waals surface area contributed by atoms with Crippen LogP contribution in [0.15, 0.2) is 18.2 Å². The Hall–Kier alpha value is -1.31. The normalized spacial score (nSPS) is 12.2. The van der Waals surface area contributed by atoms with E-state index < -0.39 is 0 Å². The number of esters is 1. The minimum atomic E-state index is -0.0837. The van der Waals surface area contributed by atoms with E-state index in [4.69, 9.17) is 4.74 Å². The molecule has 2 nitrogen and oxygen atoms in total. The molecule has 1 aromatic rings. The lowest BCUT2D eigenvalue weighted by Crippen LogP contribution is -2.20. The van der Waals surface area contributed by atoms with Gasteiger partial charge in [-0.25, -0.2) is 0 Å². The Morgan fingerprint density at radius 2 is 2.00 bits per heavy atom. The van der Waals surface area contributed by atoms with Crippen LogP contribution in [0.2, 0.25) is 0 Å². The maximum atomic E-state index is 12.1. The zero-order valence-electron chi connectivity index (χ0n) is 12.0. The molecule has 0 fully saturated rings. The predicted molar refractivity (Wildman–Crippen MR) is 74.9 cm³/mol. The van der Waals surface area contributed by atoms with Gasteiger partial charge in [0.1, 0.15) is 5.75 Å². The summed E-state index contributed by atoms with van der Waals surface area (Å²) in [5, 5.41) is 0. The number of rotatable bonds is 6. The van der Waals surface area contributed by atoms with Crippen molar-refractivity contribution >= 4 is 5.97 Å². The van der Waals surface area contributed by atoms with E-state index in [-0.39, 0.29) is 11.9 Å². The molecule has 0 radical (unpaired) electrons. The van der Waals surface area contributed by atoms with Crippen molar-refractivity contribution in [3.8, 4) is 5.75 Å². The lowest BCUT2D eigenvalue weighted by molar-refractivity contribution is -0.139. The topological polar surface area (TPSA) is 26.3 Å². The van der Waals surface area contributed by atoms with Crippen LogP contribution in [0.3, 0.4) is 0 Å². The summed E-state index contributed by atoms with van der Waals surface area (Å²) >= 11 is 0. The van der Waals surface area contributed by atoms with Gasteiger partial charge in [-0.2, -0.15) is 0 Å². The summed E-state index contributed by atoms with van der Waals surface area (Å²) in [5.74, 6) is 0.652. The number of aryl methyl sites for hydroxylation is 1. The number of carbonyl (C=O) groups excluding carboxylic acids is 1. The number of hydrogen-bond donors (Lipinski definition) is 0. The molecular weight excluding hydrogens is 224 g/mol. The summed E-state index contributed by atoms with van der Waals surface area (Å²) in [5.41, 5.74) is 2.21. The minimum Gasteiger partial charge on any atom is -0.426 e. The summed E-state index contributed by atoms with van der Waals surface area (Å²) in [7, 11) is 0. The largest absolute Gasteiger partial charge is 0.426 e. The summed E-state index contributed by atoms with van der Waals surface area (Å²) < 4.78 is 5.54. The Balaban J connectivity index is 2.70. The average molecular weight is 248 g/mol. The first-order valence-electron chi connectivity index (χ1n) is 6.88. The molecule has 18 heavy (non-hydrogen) atoms. The number of hydrogen-bond acceptors (Lipinski definition) is 2. The van der Waals surface area contributed by atoms with Gasteiger partial charge in [-0.15, -0.1) is 0 Å². The lowest BCUT2D eigenvalue weighted by atomic mass is 9.99. The SMILES string of the molecule is CCCCC(CC)C(=O)Oc1cccc(C)c1C. The summed E-state index contributed by atoms with van der Waals surface area (Å²) in [6, 6.07) is 5.83. The van der Waals surface area contributed by atoms with Crippen LogP contribution in [-0.2, 0) is 4.79 Å². The standard InChI is InChI=1S/C16H24O2/c1-5-7-10-14(6-2)16(17)18-15-11-8-9-12(3)13(15)4/h8-9,11,14H,5-7,10H2,1-4H3. The molecule has 0 bridgehead atoms. The fourth-order valence-electron chi connectivity index (χ4n) is 1.97. The van der Waals surface area contributed by atoms with E-state index in [1.165, 1.54) is 0 Å². The van der Waals surface area contributed by atoms with Crippen LogP contribution in [0, 0.1) is 19.8 Å². The second-order valence-electron chi connectivity index (χ2n) is 4.87. The van der Waals surface area contributed by atoms with Crippen molar-refractivity contribution < 1.29 is 9.53 Å². The molecule has 0 spiro atoms. The number of ether oxygens (including phenoxy) is 1. The van der Waals surface area contributed by atoms with E-state index >= 15 is 0 Å². The molecule has 0 N–H and O–H groups in total. The summed E-state index contributed by atoms with van der Waals surface area (Å²) in [6.07, 6.45) is 3.98. The highest BCUT2D eigenvalue weighted by molar-refractivity contribution is 5.75. The zero-order chi connectivity index (χ0) is 13.5. The van der Waals surface area contributed by atoms with Crippen LogP contribution in [0.25, 0.3) is 0 Å². The van der Waals surface area contributed by atoms with Crippen molar-refractivity contribution in [2.45, 2.75) is 53.4 Å². The van der Waals surface area contributed by atoms with Gasteiger partial charge in [0.25, 0.3) is 0 Å². The Kier molecular flexibility index (Phi) is 5.90. The molecule has 0 saturated carbocycles. The van der Waals surface area contributed by atoms with Crippen molar-refractivity contribution in [2.75, 3.05) is 0 Å². The van der Waals surface area contributed by atoms with E-state index in [1.54, 1.807) is 0 Å². The quantitative estimate of drug-likeness (QED) is 0.550. The highest BCUT2D eigenvalue weighted by Crippen LogP contribution is 2.23.